The summed E-state index contributed by atoms with van der Waals surface area (Å²) in [6.45, 7) is 0.0212. The van der Waals surface area contributed by atoms with Crippen LogP contribution in [-0.4, -0.2) is 46.0 Å². The number of aromatic nitrogens is 3. The number of nitrogens with one attached hydrogen (secondary N) is 1. The highest BCUT2D eigenvalue weighted by Crippen LogP contribution is 2.47. The minimum absolute atomic E-state index is 0.00650. The average molecular weight is 584 g/mol. The molecule has 2 aromatic carbocycles. The Morgan fingerprint density at radius 1 is 1.14 bits per heavy atom. The van der Waals surface area contributed by atoms with E-state index in [0.717, 1.165) is 25.7 Å². The summed E-state index contributed by atoms with van der Waals surface area (Å²) in [7, 11) is 1.66. The van der Waals surface area contributed by atoms with Crippen molar-refractivity contribution < 1.29 is 27.1 Å². The minimum Gasteiger partial charge on any atom is -0.379 e. The first kappa shape index (κ1) is 27.5. The van der Waals surface area contributed by atoms with Crippen LogP contribution in [0, 0.1) is 5.92 Å². The Morgan fingerprint density at radius 3 is 2.55 bits per heavy atom. The van der Waals surface area contributed by atoms with Crippen LogP contribution in [0.1, 0.15) is 76.7 Å². The van der Waals surface area contributed by atoms with Crippen LogP contribution in [0.15, 0.2) is 42.7 Å². The zero-order valence-corrected chi connectivity index (χ0v) is 23.3. The number of piperidine rings is 2. The molecule has 0 radical (unpaired) electrons. The van der Waals surface area contributed by atoms with Gasteiger partial charge < -0.3 is 19.5 Å². The van der Waals surface area contributed by atoms with Gasteiger partial charge in [0, 0.05) is 30.4 Å². The predicted molar refractivity (Wildman–Crippen MR) is 147 cm³/mol. The molecule has 7 nitrogen and oxygen atoms in total. The summed E-state index contributed by atoms with van der Waals surface area (Å²) in [6.07, 6.45) is 1.12. The van der Waals surface area contributed by atoms with Crippen molar-refractivity contribution in [2.24, 2.45) is 13.0 Å². The van der Waals surface area contributed by atoms with E-state index in [1.165, 1.54) is 28.3 Å². The zero-order chi connectivity index (χ0) is 29.2. The number of carbonyl (C=O) groups is 1. The van der Waals surface area contributed by atoms with E-state index in [2.05, 4.69) is 15.5 Å². The van der Waals surface area contributed by atoms with Crippen LogP contribution in [0.4, 0.5) is 23.2 Å². The standard InChI is InChI=1S/C31H33F4N5O2/c1-39-17-36-38-28(39)27(32)30(15-42-16-30)20-4-2-7-23(13-20)40-14-25-24(29(40)41)11-19(12-26(25)31(33,34)35)8-18-9-21-5-3-6-22(10-18)37-21/h2,4,7,11-13,17-18,21-22,27,37H,3,5-6,8-10,14-16H2,1H3/t18?,21?,22?,27-/m0/s1. The van der Waals surface area contributed by atoms with Gasteiger partial charge in [-0.05, 0) is 79.0 Å². The third kappa shape index (κ3) is 4.61. The lowest BCUT2D eigenvalue weighted by atomic mass is 9.74. The first-order valence-corrected chi connectivity index (χ1v) is 14.6. The van der Waals surface area contributed by atoms with Crippen molar-refractivity contribution in [1.29, 1.82) is 0 Å². The Balaban J connectivity index is 1.19. The number of anilines is 1. The number of ether oxygens (including phenoxy) is 1. The van der Waals surface area contributed by atoms with Crippen LogP contribution in [0.25, 0.3) is 0 Å². The van der Waals surface area contributed by atoms with Crippen molar-refractivity contribution in [3.05, 3.63) is 76.4 Å². The largest absolute Gasteiger partial charge is 0.416 e. The number of hydrogen-bond acceptors (Lipinski definition) is 5. The van der Waals surface area contributed by atoms with Crippen LogP contribution in [0.5, 0.6) is 0 Å². The fraction of sp³-hybridized carbons (Fsp3) is 0.516. The molecule has 7 rings (SSSR count). The van der Waals surface area contributed by atoms with Gasteiger partial charge >= 0.3 is 6.18 Å². The molecule has 3 saturated heterocycles. The molecule has 0 spiro atoms. The van der Waals surface area contributed by atoms with Gasteiger partial charge in [-0.1, -0.05) is 18.6 Å². The van der Waals surface area contributed by atoms with E-state index in [9.17, 15) is 18.0 Å². The Hall–Kier alpha value is -3.31. The molecule has 0 saturated carbocycles. The van der Waals surface area contributed by atoms with Crippen LogP contribution in [0.3, 0.4) is 0 Å². The van der Waals surface area contributed by atoms with Crippen LogP contribution < -0.4 is 10.2 Å². The van der Waals surface area contributed by atoms with E-state index in [4.69, 9.17) is 4.74 Å². The van der Waals surface area contributed by atoms with Gasteiger partial charge in [0.15, 0.2) is 12.0 Å². The quantitative estimate of drug-likeness (QED) is 0.392. The van der Waals surface area contributed by atoms with Gasteiger partial charge in [0.05, 0.1) is 30.7 Å². The summed E-state index contributed by atoms with van der Waals surface area (Å²) in [5, 5.41) is 11.4. The maximum absolute atomic E-state index is 15.9. The Labute approximate surface area is 241 Å². The number of carbonyl (C=O) groups excluding carboxylic acids is 1. The molecular formula is C31H33F4N5O2. The molecule has 3 atom stereocenters. The first-order chi connectivity index (χ1) is 20.1. The molecule has 0 aliphatic carbocycles. The number of benzene rings is 2. The minimum atomic E-state index is -4.59. The summed E-state index contributed by atoms with van der Waals surface area (Å²) in [4.78, 5) is 15.1. The zero-order valence-electron chi connectivity index (χ0n) is 23.3. The number of rotatable bonds is 6. The molecule has 2 unspecified atom stereocenters. The molecule has 42 heavy (non-hydrogen) atoms. The molecule has 4 aliphatic rings. The highest BCUT2D eigenvalue weighted by molar-refractivity contribution is 6.10. The topological polar surface area (TPSA) is 72.3 Å². The van der Waals surface area contributed by atoms with E-state index in [1.54, 1.807) is 37.4 Å². The van der Waals surface area contributed by atoms with Crippen molar-refractivity contribution in [3.63, 3.8) is 0 Å². The molecule has 11 heteroatoms. The summed E-state index contributed by atoms with van der Waals surface area (Å²) in [5.41, 5.74) is -0.110. The Morgan fingerprint density at radius 2 is 1.90 bits per heavy atom. The van der Waals surface area contributed by atoms with Crippen molar-refractivity contribution >= 4 is 11.6 Å². The molecule has 3 aromatic rings. The van der Waals surface area contributed by atoms with Crippen LogP contribution in [0.2, 0.25) is 0 Å². The first-order valence-electron chi connectivity index (χ1n) is 14.6. The molecule has 1 amide bonds. The third-order valence-electron chi connectivity index (χ3n) is 9.65. The fourth-order valence-electron chi connectivity index (χ4n) is 7.46. The molecule has 222 valence electrons. The number of nitrogens with zero attached hydrogens (tertiary/aromatic N) is 4. The van der Waals surface area contributed by atoms with Crippen molar-refractivity contribution in [2.75, 3.05) is 18.1 Å². The van der Waals surface area contributed by atoms with Crippen molar-refractivity contribution in [2.45, 2.75) is 74.9 Å². The van der Waals surface area contributed by atoms with Crippen LogP contribution in [-0.2, 0) is 36.3 Å². The second-order valence-electron chi connectivity index (χ2n) is 12.5. The summed E-state index contributed by atoms with van der Waals surface area (Å²) < 4.78 is 66.0. The molecule has 4 aliphatic heterocycles. The number of hydrogen-bond donors (Lipinski definition) is 1. The van der Waals surface area contributed by atoms with E-state index >= 15 is 4.39 Å². The van der Waals surface area contributed by atoms with E-state index in [1.807, 2.05) is 0 Å². The Bertz CT molecular complexity index is 1510. The van der Waals surface area contributed by atoms with E-state index in [0.29, 0.717) is 35.3 Å². The number of amides is 1. The lowest BCUT2D eigenvalue weighted by Crippen LogP contribution is -2.50. The normalized spacial score (nSPS) is 25.7. The van der Waals surface area contributed by atoms with Crippen molar-refractivity contribution in [1.82, 2.24) is 20.1 Å². The third-order valence-corrected chi connectivity index (χ3v) is 9.65. The molecule has 1 aromatic heterocycles. The Kier molecular flexibility index (Phi) is 6.65. The monoisotopic (exact) mass is 583 g/mol. The maximum atomic E-state index is 15.9. The highest BCUT2D eigenvalue weighted by atomic mass is 19.4. The molecule has 1 N–H and O–H groups in total. The predicted octanol–water partition coefficient (Wildman–Crippen LogP) is 5.44. The van der Waals surface area contributed by atoms with Gasteiger partial charge in [-0.25, -0.2) is 4.39 Å². The highest BCUT2D eigenvalue weighted by Gasteiger charge is 2.51. The summed E-state index contributed by atoms with van der Waals surface area (Å²) in [5.74, 6) is -0.0257. The lowest BCUT2D eigenvalue weighted by molar-refractivity contribution is -0.138. The molecule has 2 bridgehead atoms. The van der Waals surface area contributed by atoms with E-state index < -0.39 is 29.2 Å². The van der Waals surface area contributed by atoms with Gasteiger partial charge in [-0.2, -0.15) is 13.2 Å². The number of alkyl halides is 4. The number of aryl methyl sites for hydroxylation is 1. The van der Waals surface area contributed by atoms with Crippen LogP contribution >= 0.6 is 0 Å². The average Bonchev–Trinajstić information content (AvgIpc) is 3.50. The van der Waals surface area contributed by atoms with Gasteiger partial charge in [-0.15, -0.1) is 10.2 Å². The van der Waals surface area contributed by atoms with Gasteiger partial charge in [0.25, 0.3) is 5.91 Å². The second kappa shape index (κ2) is 10.2. The lowest BCUT2D eigenvalue weighted by Gasteiger charge is -2.43. The SMILES string of the molecule is Cn1cnnc1[C@H](F)C1(c2cccc(N3Cc4c(cc(CC5CC6CCCC(C5)N6)cc4C(F)(F)F)C3=O)c2)COC1. The van der Waals surface area contributed by atoms with Crippen molar-refractivity contribution in [3.8, 4) is 0 Å². The maximum Gasteiger partial charge on any atom is 0.416 e. The van der Waals surface area contributed by atoms with Gasteiger partial charge in [-0.3, -0.25) is 4.79 Å². The van der Waals surface area contributed by atoms with E-state index in [-0.39, 0.29) is 42.6 Å². The fourth-order valence-corrected chi connectivity index (χ4v) is 7.46. The molecular weight excluding hydrogens is 550 g/mol. The summed E-state index contributed by atoms with van der Waals surface area (Å²) in [6, 6.07) is 10.6. The smallest absolute Gasteiger partial charge is 0.379 e. The second-order valence-corrected chi connectivity index (χ2v) is 12.5. The number of halogens is 4. The van der Waals surface area contributed by atoms with Gasteiger partial charge in [0.1, 0.15) is 6.33 Å². The van der Waals surface area contributed by atoms with Gasteiger partial charge in [0.2, 0.25) is 0 Å². The summed E-state index contributed by atoms with van der Waals surface area (Å²) >= 11 is 0. The molecule has 5 heterocycles. The number of fused-ring (bicyclic) bond motifs is 3. The molecule has 3 fully saturated rings.